The van der Waals surface area contributed by atoms with Crippen LogP contribution in [-0.2, 0) is 0 Å². The zero-order valence-electron chi connectivity index (χ0n) is 8.65. The Balaban J connectivity index is 2.20. The zero-order valence-corrected chi connectivity index (χ0v) is 12.6. The van der Waals surface area contributed by atoms with E-state index < -0.39 is 0 Å². The van der Waals surface area contributed by atoms with Gasteiger partial charge in [-0.25, -0.2) is 0 Å². The summed E-state index contributed by atoms with van der Waals surface area (Å²) in [5.74, 6) is 0. The molecule has 0 radical (unpaired) electrons. The van der Waals surface area contributed by atoms with E-state index in [4.69, 9.17) is 5.26 Å². The van der Waals surface area contributed by atoms with Gasteiger partial charge in [-0.15, -0.1) is 0 Å². The van der Waals surface area contributed by atoms with Crippen LogP contribution in [0.1, 0.15) is 5.56 Å². The number of halogens is 2. The van der Waals surface area contributed by atoms with Gasteiger partial charge in [0.2, 0.25) is 0 Å². The van der Waals surface area contributed by atoms with Gasteiger partial charge >= 0.3 is 0 Å². The van der Waals surface area contributed by atoms with Crippen LogP contribution >= 0.6 is 43.6 Å². The molecule has 2 aromatic rings. The Morgan fingerprint density at radius 3 is 2.12 bits per heavy atom. The van der Waals surface area contributed by atoms with E-state index in [-0.39, 0.29) is 0 Å². The number of rotatable bonds is 2. The molecule has 2 rings (SSSR count). The maximum Gasteiger partial charge on any atom is 0.0991 e. The highest BCUT2D eigenvalue weighted by Gasteiger charge is 2.01. The first-order valence-electron chi connectivity index (χ1n) is 4.82. The summed E-state index contributed by atoms with van der Waals surface area (Å²) in [5.41, 5.74) is 0.686. The SMILES string of the molecule is N#Cc1ccc(Sc2ccc(Br)c(Br)c2)cc1. The Morgan fingerprint density at radius 2 is 1.53 bits per heavy atom. The smallest absolute Gasteiger partial charge is 0.0991 e. The highest BCUT2D eigenvalue weighted by Crippen LogP contribution is 2.32. The third kappa shape index (κ3) is 3.35. The van der Waals surface area contributed by atoms with E-state index in [0.29, 0.717) is 5.56 Å². The number of hydrogen-bond acceptors (Lipinski definition) is 2. The third-order valence-electron chi connectivity index (χ3n) is 2.11. The van der Waals surface area contributed by atoms with Gasteiger partial charge < -0.3 is 0 Å². The number of hydrogen-bond donors (Lipinski definition) is 0. The van der Waals surface area contributed by atoms with Crippen LogP contribution in [0.15, 0.2) is 61.2 Å². The first-order valence-corrected chi connectivity index (χ1v) is 7.22. The van der Waals surface area contributed by atoms with E-state index in [9.17, 15) is 0 Å². The van der Waals surface area contributed by atoms with Crippen LogP contribution in [0.3, 0.4) is 0 Å². The van der Waals surface area contributed by atoms with Gasteiger partial charge in [-0.2, -0.15) is 5.26 Å². The lowest BCUT2D eigenvalue weighted by atomic mass is 10.2. The van der Waals surface area contributed by atoms with Crippen molar-refractivity contribution in [2.45, 2.75) is 9.79 Å². The highest BCUT2D eigenvalue weighted by atomic mass is 79.9. The van der Waals surface area contributed by atoms with Crippen molar-refractivity contribution in [1.82, 2.24) is 0 Å². The monoisotopic (exact) mass is 367 g/mol. The van der Waals surface area contributed by atoms with Crippen LogP contribution in [0, 0.1) is 11.3 Å². The molecule has 0 saturated heterocycles. The van der Waals surface area contributed by atoms with E-state index in [1.54, 1.807) is 11.8 Å². The van der Waals surface area contributed by atoms with Crippen molar-refractivity contribution in [3.05, 3.63) is 57.0 Å². The molecular weight excluding hydrogens is 362 g/mol. The van der Waals surface area contributed by atoms with Crippen LogP contribution in [0.5, 0.6) is 0 Å². The van der Waals surface area contributed by atoms with Gasteiger partial charge in [0.05, 0.1) is 11.6 Å². The Kier molecular flexibility index (Phi) is 4.27. The molecule has 0 aliphatic heterocycles. The summed E-state index contributed by atoms with van der Waals surface area (Å²) in [6, 6.07) is 15.8. The van der Waals surface area contributed by atoms with Crippen molar-refractivity contribution in [1.29, 1.82) is 5.26 Å². The first kappa shape index (κ1) is 12.7. The molecule has 0 N–H and O–H groups in total. The van der Waals surface area contributed by atoms with E-state index in [2.05, 4.69) is 50.1 Å². The molecule has 0 heterocycles. The summed E-state index contributed by atoms with van der Waals surface area (Å²) >= 11 is 8.59. The molecule has 1 nitrogen and oxygen atoms in total. The lowest BCUT2D eigenvalue weighted by Gasteiger charge is -2.03. The molecule has 0 aliphatic rings. The molecule has 0 fully saturated rings. The topological polar surface area (TPSA) is 23.8 Å². The van der Waals surface area contributed by atoms with Crippen LogP contribution in [0.4, 0.5) is 0 Å². The second kappa shape index (κ2) is 5.72. The van der Waals surface area contributed by atoms with E-state index in [1.165, 1.54) is 0 Å². The van der Waals surface area contributed by atoms with E-state index in [1.807, 2.05) is 30.3 Å². The van der Waals surface area contributed by atoms with Crippen molar-refractivity contribution < 1.29 is 0 Å². The minimum atomic E-state index is 0.686. The minimum absolute atomic E-state index is 0.686. The summed E-state index contributed by atoms with van der Waals surface area (Å²) in [7, 11) is 0. The molecule has 0 bridgehead atoms. The van der Waals surface area contributed by atoms with Crippen molar-refractivity contribution in [2.75, 3.05) is 0 Å². The molecule has 0 unspecified atom stereocenters. The predicted octanol–water partition coefficient (Wildman–Crippen LogP) is 5.23. The van der Waals surface area contributed by atoms with Crippen LogP contribution in [-0.4, -0.2) is 0 Å². The van der Waals surface area contributed by atoms with Gasteiger partial charge in [-0.1, -0.05) is 11.8 Å². The van der Waals surface area contributed by atoms with Gasteiger partial charge in [0.25, 0.3) is 0 Å². The fraction of sp³-hybridized carbons (Fsp3) is 0. The van der Waals surface area contributed by atoms with Gasteiger partial charge in [0.15, 0.2) is 0 Å². The van der Waals surface area contributed by atoms with Crippen molar-refractivity contribution in [3.8, 4) is 6.07 Å². The van der Waals surface area contributed by atoms with Gasteiger partial charge in [0, 0.05) is 18.7 Å². The summed E-state index contributed by atoms with van der Waals surface area (Å²) in [6.07, 6.45) is 0. The molecule has 84 valence electrons. The number of benzene rings is 2. The molecule has 0 atom stereocenters. The molecule has 0 amide bonds. The zero-order chi connectivity index (χ0) is 12.3. The predicted molar refractivity (Wildman–Crippen MR) is 77.1 cm³/mol. The lowest BCUT2D eigenvalue weighted by molar-refractivity contribution is 1.37. The highest BCUT2D eigenvalue weighted by molar-refractivity contribution is 9.13. The summed E-state index contributed by atoms with van der Waals surface area (Å²) in [4.78, 5) is 2.28. The van der Waals surface area contributed by atoms with Gasteiger partial charge in [-0.3, -0.25) is 0 Å². The molecular formula is C13H7Br2NS. The summed E-state index contributed by atoms with van der Waals surface area (Å²) in [5, 5.41) is 8.72. The van der Waals surface area contributed by atoms with Gasteiger partial charge in [0.1, 0.15) is 0 Å². The van der Waals surface area contributed by atoms with E-state index in [0.717, 1.165) is 18.7 Å². The Labute approximate surface area is 121 Å². The van der Waals surface area contributed by atoms with Gasteiger partial charge in [-0.05, 0) is 74.3 Å². The van der Waals surface area contributed by atoms with Crippen molar-refractivity contribution in [2.24, 2.45) is 0 Å². The molecule has 17 heavy (non-hydrogen) atoms. The van der Waals surface area contributed by atoms with Crippen molar-refractivity contribution in [3.63, 3.8) is 0 Å². The van der Waals surface area contributed by atoms with Crippen LogP contribution in [0.25, 0.3) is 0 Å². The third-order valence-corrected chi connectivity index (χ3v) is 4.99. The fourth-order valence-electron chi connectivity index (χ4n) is 1.27. The summed E-state index contributed by atoms with van der Waals surface area (Å²) < 4.78 is 2.08. The first-order chi connectivity index (χ1) is 8.19. The maximum atomic E-state index is 8.72. The standard InChI is InChI=1S/C13H7Br2NS/c14-12-6-5-11(7-13(12)15)17-10-3-1-9(8-16)2-4-10/h1-7H. The molecule has 2 aromatic carbocycles. The normalized spacial score (nSPS) is 9.94. The molecule has 0 saturated carbocycles. The Morgan fingerprint density at radius 1 is 0.882 bits per heavy atom. The Hall–Kier alpha value is -0.760. The maximum absolute atomic E-state index is 8.72. The number of nitriles is 1. The average molecular weight is 369 g/mol. The Bertz CT molecular complexity index is 573. The lowest BCUT2D eigenvalue weighted by Crippen LogP contribution is -1.77. The molecule has 4 heteroatoms. The molecule has 0 aromatic heterocycles. The fourth-order valence-corrected chi connectivity index (χ4v) is 2.91. The molecule has 0 aliphatic carbocycles. The number of nitrogens with zero attached hydrogens (tertiary/aromatic N) is 1. The molecule has 0 spiro atoms. The average Bonchev–Trinajstić information content (AvgIpc) is 2.35. The van der Waals surface area contributed by atoms with E-state index >= 15 is 0 Å². The summed E-state index contributed by atoms with van der Waals surface area (Å²) in [6.45, 7) is 0. The van der Waals surface area contributed by atoms with Crippen LogP contribution in [0.2, 0.25) is 0 Å². The quantitative estimate of drug-likeness (QED) is 0.724. The second-order valence-electron chi connectivity index (χ2n) is 3.31. The second-order valence-corrected chi connectivity index (χ2v) is 6.17. The van der Waals surface area contributed by atoms with Crippen molar-refractivity contribution >= 4 is 43.6 Å². The largest absolute Gasteiger partial charge is 0.192 e. The van der Waals surface area contributed by atoms with Crippen LogP contribution < -0.4 is 0 Å². The minimum Gasteiger partial charge on any atom is -0.192 e.